The fourth-order valence-electron chi connectivity index (χ4n) is 2.08. The van der Waals surface area contributed by atoms with Crippen molar-refractivity contribution in [1.29, 1.82) is 0 Å². The van der Waals surface area contributed by atoms with Crippen LogP contribution in [0.4, 0.5) is 5.69 Å². The average molecular weight is 331 g/mol. The lowest BCUT2D eigenvalue weighted by atomic mass is 10.0. The zero-order chi connectivity index (χ0) is 16.8. The summed E-state index contributed by atoms with van der Waals surface area (Å²) < 4.78 is 0. The van der Waals surface area contributed by atoms with Crippen LogP contribution in [0.3, 0.4) is 0 Å². The molecule has 0 heterocycles. The Bertz CT molecular complexity index is 701. The molecule has 5 heteroatoms. The van der Waals surface area contributed by atoms with Crippen LogP contribution >= 0.6 is 11.6 Å². The van der Waals surface area contributed by atoms with E-state index < -0.39 is 11.8 Å². The fourth-order valence-corrected chi connectivity index (χ4v) is 2.26. The minimum Gasteiger partial charge on any atom is -0.347 e. The summed E-state index contributed by atoms with van der Waals surface area (Å²) in [4.78, 5) is 23.8. The molecule has 0 saturated heterocycles. The summed E-state index contributed by atoms with van der Waals surface area (Å²) in [6.07, 6.45) is 0. The van der Waals surface area contributed by atoms with Gasteiger partial charge in [-0.3, -0.25) is 9.59 Å². The first-order valence-electron chi connectivity index (χ1n) is 7.37. The Morgan fingerprint density at radius 1 is 1.09 bits per heavy atom. The van der Waals surface area contributed by atoms with Crippen LogP contribution < -0.4 is 10.6 Å². The second-order valence-corrected chi connectivity index (χ2v) is 5.85. The highest BCUT2D eigenvalue weighted by Crippen LogP contribution is 2.19. The standard InChI is InChI=1S/C18H19ClN2O2/c1-12-8-9-15(10-16(12)19)21-18(23)17(22)20-11-13(2)14-6-4-3-5-7-14/h3-10,13H,11H2,1-2H3,(H,20,22)(H,21,23)/t13-/m0/s1. The highest BCUT2D eigenvalue weighted by Gasteiger charge is 2.15. The molecular weight excluding hydrogens is 312 g/mol. The van der Waals surface area contributed by atoms with Gasteiger partial charge in [0.05, 0.1) is 0 Å². The van der Waals surface area contributed by atoms with Crippen molar-refractivity contribution in [3.8, 4) is 0 Å². The maximum absolute atomic E-state index is 11.9. The summed E-state index contributed by atoms with van der Waals surface area (Å²) >= 11 is 6.00. The number of benzene rings is 2. The molecule has 23 heavy (non-hydrogen) atoms. The first kappa shape index (κ1) is 17.0. The zero-order valence-corrected chi connectivity index (χ0v) is 13.9. The predicted molar refractivity (Wildman–Crippen MR) is 92.7 cm³/mol. The molecule has 2 rings (SSSR count). The van der Waals surface area contributed by atoms with Gasteiger partial charge in [0, 0.05) is 17.3 Å². The first-order valence-corrected chi connectivity index (χ1v) is 7.75. The van der Waals surface area contributed by atoms with Gasteiger partial charge in [0.1, 0.15) is 0 Å². The van der Waals surface area contributed by atoms with Gasteiger partial charge in [-0.2, -0.15) is 0 Å². The summed E-state index contributed by atoms with van der Waals surface area (Å²) in [7, 11) is 0. The minimum absolute atomic E-state index is 0.127. The van der Waals surface area contributed by atoms with Crippen LogP contribution in [0.2, 0.25) is 5.02 Å². The Kier molecular flexibility index (Phi) is 5.77. The van der Waals surface area contributed by atoms with E-state index in [0.29, 0.717) is 17.3 Å². The van der Waals surface area contributed by atoms with Crippen LogP contribution in [0.25, 0.3) is 0 Å². The first-order chi connectivity index (χ1) is 11.0. The molecular formula is C18H19ClN2O2. The lowest BCUT2D eigenvalue weighted by molar-refractivity contribution is -0.136. The number of aryl methyl sites for hydroxylation is 1. The molecule has 2 N–H and O–H groups in total. The van der Waals surface area contributed by atoms with Gasteiger partial charge in [0.15, 0.2) is 0 Å². The van der Waals surface area contributed by atoms with Crippen molar-refractivity contribution in [3.63, 3.8) is 0 Å². The molecule has 0 spiro atoms. The molecule has 2 aromatic rings. The molecule has 1 atom stereocenters. The fraction of sp³-hybridized carbons (Fsp3) is 0.222. The molecule has 0 saturated carbocycles. The van der Waals surface area contributed by atoms with Crippen molar-refractivity contribution in [2.45, 2.75) is 19.8 Å². The van der Waals surface area contributed by atoms with Crippen LogP contribution in [0, 0.1) is 6.92 Å². The number of carbonyl (C=O) groups is 2. The third-order valence-electron chi connectivity index (χ3n) is 3.57. The Balaban J connectivity index is 1.87. The monoisotopic (exact) mass is 330 g/mol. The van der Waals surface area contributed by atoms with Gasteiger partial charge in [-0.1, -0.05) is 54.9 Å². The van der Waals surface area contributed by atoms with Gasteiger partial charge < -0.3 is 10.6 Å². The van der Waals surface area contributed by atoms with Gasteiger partial charge in [-0.05, 0) is 36.1 Å². The highest BCUT2D eigenvalue weighted by atomic mass is 35.5. The maximum atomic E-state index is 11.9. The van der Waals surface area contributed by atoms with E-state index in [0.717, 1.165) is 11.1 Å². The molecule has 0 aliphatic carbocycles. The van der Waals surface area contributed by atoms with Crippen molar-refractivity contribution < 1.29 is 9.59 Å². The van der Waals surface area contributed by atoms with E-state index in [9.17, 15) is 9.59 Å². The summed E-state index contributed by atoms with van der Waals surface area (Å²) in [5.41, 5.74) is 2.51. The number of hydrogen-bond acceptors (Lipinski definition) is 2. The van der Waals surface area contributed by atoms with Crippen molar-refractivity contribution in [2.24, 2.45) is 0 Å². The van der Waals surface area contributed by atoms with Gasteiger partial charge >= 0.3 is 11.8 Å². The van der Waals surface area contributed by atoms with Crippen molar-refractivity contribution in [1.82, 2.24) is 5.32 Å². The summed E-state index contributed by atoms with van der Waals surface area (Å²) in [6, 6.07) is 14.9. The third kappa shape index (κ3) is 4.83. The SMILES string of the molecule is Cc1ccc(NC(=O)C(=O)NC[C@H](C)c2ccccc2)cc1Cl. The number of anilines is 1. The van der Waals surface area contributed by atoms with E-state index in [2.05, 4.69) is 10.6 Å². The number of carbonyl (C=O) groups excluding carboxylic acids is 2. The van der Waals surface area contributed by atoms with E-state index >= 15 is 0 Å². The normalized spacial score (nSPS) is 11.6. The lowest BCUT2D eigenvalue weighted by Crippen LogP contribution is -2.37. The smallest absolute Gasteiger partial charge is 0.313 e. The number of rotatable bonds is 4. The minimum atomic E-state index is -0.704. The molecule has 2 amide bonds. The Morgan fingerprint density at radius 3 is 2.43 bits per heavy atom. The van der Waals surface area contributed by atoms with Crippen LogP contribution in [-0.4, -0.2) is 18.4 Å². The third-order valence-corrected chi connectivity index (χ3v) is 3.98. The quantitative estimate of drug-likeness (QED) is 0.843. The lowest BCUT2D eigenvalue weighted by Gasteiger charge is -2.13. The van der Waals surface area contributed by atoms with Crippen molar-refractivity contribution in [3.05, 3.63) is 64.7 Å². The molecule has 0 fully saturated rings. The van der Waals surface area contributed by atoms with E-state index in [1.807, 2.05) is 44.2 Å². The predicted octanol–water partition coefficient (Wildman–Crippen LogP) is 3.51. The van der Waals surface area contributed by atoms with Gasteiger partial charge in [0.2, 0.25) is 0 Å². The second-order valence-electron chi connectivity index (χ2n) is 5.44. The molecule has 2 aromatic carbocycles. The highest BCUT2D eigenvalue weighted by molar-refractivity contribution is 6.39. The molecule has 120 valence electrons. The van der Waals surface area contributed by atoms with Crippen LogP contribution in [0.5, 0.6) is 0 Å². The number of hydrogen-bond donors (Lipinski definition) is 2. The number of amides is 2. The molecule has 0 bridgehead atoms. The summed E-state index contributed by atoms with van der Waals surface area (Å²) in [5.74, 6) is -1.24. The Labute approximate surface area is 140 Å². The Hall–Kier alpha value is -2.33. The van der Waals surface area contributed by atoms with E-state index in [-0.39, 0.29) is 5.92 Å². The van der Waals surface area contributed by atoms with Crippen molar-refractivity contribution >= 4 is 29.1 Å². The number of halogens is 1. The average Bonchev–Trinajstić information content (AvgIpc) is 2.56. The second kappa shape index (κ2) is 7.79. The molecule has 4 nitrogen and oxygen atoms in total. The number of nitrogens with one attached hydrogen (secondary N) is 2. The van der Waals surface area contributed by atoms with Crippen LogP contribution in [-0.2, 0) is 9.59 Å². The van der Waals surface area contributed by atoms with Gasteiger partial charge in [-0.15, -0.1) is 0 Å². The molecule has 0 unspecified atom stereocenters. The molecule has 0 aliphatic rings. The molecule has 0 aliphatic heterocycles. The van der Waals surface area contributed by atoms with Crippen LogP contribution in [0.15, 0.2) is 48.5 Å². The van der Waals surface area contributed by atoms with E-state index in [1.165, 1.54) is 0 Å². The molecule has 0 aromatic heterocycles. The van der Waals surface area contributed by atoms with E-state index in [4.69, 9.17) is 11.6 Å². The van der Waals surface area contributed by atoms with E-state index in [1.54, 1.807) is 18.2 Å². The van der Waals surface area contributed by atoms with Gasteiger partial charge in [0.25, 0.3) is 0 Å². The largest absolute Gasteiger partial charge is 0.347 e. The zero-order valence-electron chi connectivity index (χ0n) is 13.1. The molecule has 0 radical (unpaired) electrons. The summed E-state index contributed by atoms with van der Waals surface area (Å²) in [5, 5.41) is 5.72. The van der Waals surface area contributed by atoms with Crippen LogP contribution in [0.1, 0.15) is 24.0 Å². The summed E-state index contributed by atoms with van der Waals surface area (Å²) in [6.45, 7) is 4.25. The topological polar surface area (TPSA) is 58.2 Å². The van der Waals surface area contributed by atoms with Gasteiger partial charge in [-0.25, -0.2) is 0 Å². The van der Waals surface area contributed by atoms with Crippen molar-refractivity contribution in [2.75, 3.05) is 11.9 Å². The Morgan fingerprint density at radius 2 is 1.78 bits per heavy atom. The maximum Gasteiger partial charge on any atom is 0.313 e.